The summed E-state index contributed by atoms with van der Waals surface area (Å²) < 4.78 is 10.5. The number of carbonyl (C=O) groups is 3. The van der Waals surface area contributed by atoms with Crippen LogP contribution in [0.2, 0.25) is 0 Å². The molecule has 1 aromatic heterocycles. The molecule has 2 N–H and O–H groups in total. The predicted molar refractivity (Wildman–Crippen MR) is 149 cm³/mol. The summed E-state index contributed by atoms with van der Waals surface area (Å²) in [5, 5.41) is 6.00. The van der Waals surface area contributed by atoms with Crippen molar-refractivity contribution in [3.8, 4) is 5.75 Å². The van der Waals surface area contributed by atoms with Gasteiger partial charge in [0, 0.05) is 21.8 Å². The first-order valence-electron chi connectivity index (χ1n) is 12.1. The first-order valence-corrected chi connectivity index (χ1v) is 12.9. The van der Waals surface area contributed by atoms with Gasteiger partial charge in [-0.25, -0.2) is 0 Å². The first kappa shape index (κ1) is 25.9. The molecule has 0 bridgehead atoms. The number of carbonyl (C=O) groups excluding carboxylic acids is 3. The van der Waals surface area contributed by atoms with Gasteiger partial charge in [-0.1, -0.05) is 29.5 Å². The number of methoxy groups -OCH3 is 1. The number of rotatable bonds is 9. The van der Waals surface area contributed by atoms with E-state index in [1.54, 1.807) is 67.8 Å². The third kappa shape index (κ3) is 5.89. The Hall–Kier alpha value is -4.76. The van der Waals surface area contributed by atoms with Crippen molar-refractivity contribution in [3.63, 3.8) is 0 Å². The molecule has 0 atom stereocenters. The highest BCUT2D eigenvalue weighted by Gasteiger charge is 2.39. The van der Waals surface area contributed by atoms with Crippen LogP contribution in [0.25, 0.3) is 0 Å². The number of furan rings is 1. The quantitative estimate of drug-likeness (QED) is 0.258. The molecule has 0 unspecified atom stereocenters. The average molecular weight is 540 g/mol. The molecule has 0 fully saturated rings. The third-order valence-electron chi connectivity index (χ3n) is 6.02. The number of hydrogen-bond acceptors (Lipinski definition) is 7. The maximum Gasteiger partial charge on any atom is 0.278 e. The molecule has 0 radical (unpaired) electrons. The molecule has 1 aliphatic heterocycles. The molecule has 3 aromatic carbocycles. The number of benzene rings is 3. The fraction of sp³-hybridized carbons (Fsp3) is 0.100. The number of thioether (sulfide) groups is 1. The van der Waals surface area contributed by atoms with E-state index in [1.807, 2.05) is 31.2 Å². The van der Waals surface area contributed by atoms with Gasteiger partial charge in [0.15, 0.2) is 0 Å². The summed E-state index contributed by atoms with van der Waals surface area (Å²) in [6, 6.07) is 24.9. The number of hydrogen-bond donors (Lipinski definition) is 2. The molecule has 9 heteroatoms. The van der Waals surface area contributed by atoms with Crippen LogP contribution in [0.5, 0.6) is 5.75 Å². The smallest absolute Gasteiger partial charge is 0.278 e. The third-order valence-corrected chi connectivity index (χ3v) is 7.12. The van der Waals surface area contributed by atoms with E-state index in [1.165, 1.54) is 22.9 Å². The van der Waals surface area contributed by atoms with Gasteiger partial charge in [-0.2, -0.15) is 0 Å². The molecule has 0 saturated heterocycles. The predicted octanol–water partition coefficient (Wildman–Crippen LogP) is 5.83. The second-order valence-electron chi connectivity index (χ2n) is 8.78. The molecular formula is C30H25N3O5S. The van der Waals surface area contributed by atoms with Crippen LogP contribution in [0.4, 0.5) is 11.4 Å². The van der Waals surface area contributed by atoms with Gasteiger partial charge >= 0.3 is 0 Å². The molecular weight excluding hydrogens is 514 g/mol. The number of amides is 3. The monoisotopic (exact) mass is 539 g/mol. The molecule has 0 aliphatic carbocycles. The lowest BCUT2D eigenvalue weighted by atomic mass is 10.2. The highest BCUT2D eigenvalue weighted by atomic mass is 32.2. The SMILES string of the molecule is COc1ccc(C(=O)Nc2ccc(SC3=C(Nc4ccc(C)cc4)C(=O)N(Cc4ccco4)C3=O)cc2)cc1. The first-order chi connectivity index (χ1) is 18.9. The van der Waals surface area contributed by atoms with Crippen LogP contribution in [0.3, 0.4) is 0 Å². The summed E-state index contributed by atoms with van der Waals surface area (Å²) in [5.41, 5.74) is 3.08. The Morgan fingerprint density at radius 3 is 2.23 bits per heavy atom. The van der Waals surface area contributed by atoms with E-state index in [0.717, 1.165) is 10.5 Å². The van der Waals surface area contributed by atoms with Crippen molar-refractivity contribution in [2.24, 2.45) is 0 Å². The van der Waals surface area contributed by atoms with Gasteiger partial charge in [-0.3, -0.25) is 19.3 Å². The second kappa shape index (κ2) is 11.3. The summed E-state index contributed by atoms with van der Waals surface area (Å²) in [6.07, 6.45) is 1.50. The number of anilines is 2. The molecule has 2 heterocycles. The van der Waals surface area contributed by atoms with Crippen molar-refractivity contribution in [1.29, 1.82) is 0 Å². The Balaban J connectivity index is 1.35. The van der Waals surface area contributed by atoms with E-state index in [4.69, 9.17) is 9.15 Å². The van der Waals surface area contributed by atoms with Gasteiger partial charge in [0.2, 0.25) is 0 Å². The van der Waals surface area contributed by atoms with Crippen molar-refractivity contribution >= 4 is 40.9 Å². The van der Waals surface area contributed by atoms with Crippen molar-refractivity contribution in [2.45, 2.75) is 18.4 Å². The summed E-state index contributed by atoms with van der Waals surface area (Å²) >= 11 is 1.19. The molecule has 3 amide bonds. The fourth-order valence-corrected chi connectivity index (χ4v) is 4.86. The zero-order valence-corrected chi connectivity index (χ0v) is 22.1. The number of imide groups is 1. The molecule has 4 aromatic rings. The molecule has 196 valence electrons. The lowest BCUT2D eigenvalue weighted by Gasteiger charge is -2.13. The maximum atomic E-state index is 13.4. The lowest BCUT2D eigenvalue weighted by Crippen LogP contribution is -2.31. The Bertz CT molecular complexity index is 1530. The van der Waals surface area contributed by atoms with E-state index in [-0.39, 0.29) is 23.1 Å². The summed E-state index contributed by atoms with van der Waals surface area (Å²) in [5.74, 6) is 0.0851. The Labute approximate surface area is 229 Å². The van der Waals surface area contributed by atoms with Gasteiger partial charge in [0.05, 0.1) is 19.9 Å². The van der Waals surface area contributed by atoms with Gasteiger partial charge in [-0.15, -0.1) is 0 Å². The molecule has 0 spiro atoms. The number of ether oxygens (including phenoxy) is 1. The average Bonchev–Trinajstić information content (AvgIpc) is 3.54. The van der Waals surface area contributed by atoms with Gasteiger partial charge in [0.25, 0.3) is 17.7 Å². The number of nitrogens with one attached hydrogen (secondary N) is 2. The Morgan fingerprint density at radius 2 is 1.59 bits per heavy atom. The second-order valence-corrected chi connectivity index (χ2v) is 9.86. The van der Waals surface area contributed by atoms with Crippen LogP contribution in [-0.4, -0.2) is 29.7 Å². The minimum absolute atomic E-state index is 0.0319. The van der Waals surface area contributed by atoms with Crippen LogP contribution in [0.15, 0.2) is 111 Å². The normalized spacial score (nSPS) is 13.1. The standard InChI is InChI=1S/C30H25N3O5S/c1-19-5-9-21(10-6-19)31-26-27(30(36)33(29(26)35)18-24-4-3-17-38-24)39-25-15-11-22(12-16-25)32-28(34)20-7-13-23(37-2)14-8-20/h3-17,31H,18H2,1-2H3,(H,32,34). The zero-order valence-electron chi connectivity index (χ0n) is 21.3. The van der Waals surface area contributed by atoms with Crippen molar-refractivity contribution < 1.29 is 23.5 Å². The van der Waals surface area contributed by atoms with E-state index in [0.29, 0.717) is 28.4 Å². The summed E-state index contributed by atoms with van der Waals surface area (Å²) in [7, 11) is 1.57. The van der Waals surface area contributed by atoms with Crippen LogP contribution in [-0.2, 0) is 16.1 Å². The number of aryl methyl sites for hydroxylation is 1. The minimum Gasteiger partial charge on any atom is -0.497 e. The maximum absolute atomic E-state index is 13.4. The van der Waals surface area contributed by atoms with Crippen LogP contribution >= 0.6 is 11.8 Å². The van der Waals surface area contributed by atoms with Crippen LogP contribution in [0.1, 0.15) is 21.7 Å². The van der Waals surface area contributed by atoms with E-state index in [9.17, 15) is 14.4 Å². The highest BCUT2D eigenvalue weighted by molar-refractivity contribution is 8.04. The van der Waals surface area contributed by atoms with E-state index in [2.05, 4.69) is 10.6 Å². The van der Waals surface area contributed by atoms with Crippen molar-refractivity contribution in [3.05, 3.63) is 119 Å². The molecule has 1 aliphatic rings. The molecule has 8 nitrogen and oxygen atoms in total. The van der Waals surface area contributed by atoms with Crippen molar-refractivity contribution in [1.82, 2.24) is 4.90 Å². The molecule has 5 rings (SSSR count). The topological polar surface area (TPSA) is 101 Å². The van der Waals surface area contributed by atoms with Gasteiger partial charge < -0.3 is 19.8 Å². The van der Waals surface area contributed by atoms with Gasteiger partial charge in [0.1, 0.15) is 22.1 Å². The van der Waals surface area contributed by atoms with Crippen LogP contribution < -0.4 is 15.4 Å². The summed E-state index contributed by atoms with van der Waals surface area (Å²) in [4.78, 5) is 41.5. The van der Waals surface area contributed by atoms with E-state index >= 15 is 0 Å². The lowest BCUT2D eigenvalue weighted by molar-refractivity contribution is -0.138. The Kier molecular flexibility index (Phi) is 7.51. The largest absolute Gasteiger partial charge is 0.497 e. The minimum atomic E-state index is -0.428. The zero-order chi connectivity index (χ0) is 27.4. The Morgan fingerprint density at radius 1 is 0.897 bits per heavy atom. The highest BCUT2D eigenvalue weighted by Crippen LogP contribution is 2.37. The molecule has 0 saturated carbocycles. The van der Waals surface area contributed by atoms with Gasteiger partial charge in [-0.05, 0) is 79.7 Å². The summed E-state index contributed by atoms with van der Waals surface area (Å²) in [6.45, 7) is 2.01. The number of nitrogens with zero attached hydrogens (tertiary/aromatic N) is 1. The van der Waals surface area contributed by atoms with E-state index < -0.39 is 11.8 Å². The van der Waals surface area contributed by atoms with Crippen LogP contribution in [0, 0.1) is 6.92 Å². The fourth-order valence-electron chi connectivity index (χ4n) is 3.91. The van der Waals surface area contributed by atoms with Crippen molar-refractivity contribution in [2.75, 3.05) is 17.7 Å². The molecule has 39 heavy (non-hydrogen) atoms.